The molecule has 0 aliphatic carbocycles. The lowest BCUT2D eigenvalue weighted by atomic mass is 9.99. The van der Waals surface area contributed by atoms with E-state index < -0.39 is 0 Å². The van der Waals surface area contributed by atoms with Crippen molar-refractivity contribution in [1.29, 1.82) is 0 Å². The van der Waals surface area contributed by atoms with Crippen LogP contribution in [0.2, 0.25) is 0 Å². The van der Waals surface area contributed by atoms with Crippen molar-refractivity contribution in [2.45, 2.75) is 38.6 Å². The van der Waals surface area contributed by atoms with E-state index in [4.69, 9.17) is 4.74 Å². The first-order chi connectivity index (χ1) is 15.7. The van der Waals surface area contributed by atoms with Crippen molar-refractivity contribution in [2.75, 3.05) is 26.7 Å². The van der Waals surface area contributed by atoms with Gasteiger partial charge >= 0.3 is 0 Å². The lowest BCUT2D eigenvalue weighted by Gasteiger charge is -2.19. The van der Waals surface area contributed by atoms with Gasteiger partial charge in [0.15, 0.2) is 0 Å². The number of nitrogens with one attached hydrogen (secondary N) is 1. The second kappa shape index (κ2) is 11.2. The third kappa shape index (κ3) is 6.40. The molecule has 2 heterocycles. The molecule has 3 aromatic rings. The Morgan fingerprint density at radius 2 is 2.06 bits per heavy atom. The first-order valence-electron chi connectivity index (χ1n) is 11.4. The van der Waals surface area contributed by atoms with Gasteiger partial charge in [-0.3, -0.25) is 4.79 Å². The SMILES string of the molecule is CN1CCCCCOc2ccc(C(=O)NCCc3nccs3)cc2Cc2cccc(c2)C1. The zero-order valence-corrected chi connectivity index (χ0v) is 19.5. The van der Waals surface area contributed by atoms with Crippen LogP contribution in [0.25, 0.3) is 0 Å². The van der Waals surface area contributed by atoms with Crippen molar-refractivity contribution in [3.8, 4) is 5.75 Å². The molecule has 2 bridgehead atoms. The highest BCUT2D eigenvalue weighted by Gasteiger charge is 2.13. The summed E-state index contributed by atoms with van der Waals surface area (Å²) >= 11 is 1.61. The predicted molar refractivity (Wildman–Crippen MR) is 130 cm³/mol. The van der Waals surface area contributed by atoms with Gasteiger partial charge in [0.1, 0.15) is 5.75 Å². The number of rotatable bonds is 4. The van der Waals surface area contributed by atoms with E-state index in [1.165, 1.54) is 17.5 Å². The van der Waals surface area contributed by atoms with Crippen LogP contribution in [-0.2, 0) is 19.4 Å². The van der Waals surface area contributed by atoms with Crippen LogP contribution in [0, 0.1) is 0 Å². The summed E-state index contributed by atoms with van der Waals surface area (Å²) in [5.74, 6) is 0.822. The number of carbonyl (C=O) groups excluding carboxylic acids is 1. The summed E-state index contributed by atoms with van der Waals surface area (Å²) in [6, 6.07) is 14.5. The van der Waals surface area contributed by atoms with Gasteiger partial charge in [0.2, 0.25) is 0 Å². The highest BCUT2D eigenvalue weighted by atomic mass is 32.1. The number of hydrogen-bond acceptors (Lipinski definition) is 5. The van der Waals surface area contributed by atoms with Crippen molar-refractivity contribution in [1.82, 2.24) is 15.2 Å². The minimum atomic E-state index is -0.0564. The van der Waals surface area contributed by atoms with Crippen LogP contribution >= 0.6 is 11.3 Å². The van der Waals surface area contributed by atoms with Crippen LogP contribution in [0.5, 0.6) is 5.75 Å². The molecular formula is C26H31N3O2S. The lowest BCUT2D eigenvalue weighted by molar-refractivity contribution is 0.0954. The second-order valence-corrected chi connectivity index (χ2v) is 9.38. The van der Waals surface area contributed by atoms with Gasteiger partial charge in [0, 0.05) is 43.1 Å². The average molecular weight is 450 g/mol. The maximum atomic E-state index is 12.8. The number of benzene rings is 2. The van der Waals surface area contributed by atoms with Gasteiger partial charge in [-0.2, -0.15) is 0 Å². The number of ether oxygens (including phenoxy) is 1. The number of thiazole rings is 1. The maximum Gasteiger partial charge on any atom is 0.251 e. The van der Waals surface area contributed by atoms with Crippen molar-refractivity contribution < 1.29 is 9.53 Å². The van der Waals surface area contributed by atoms with E-state index in [9.17, 15) is 4.79 Å². The van der Waals surface area contributed by atoms with E-state index in [-0.39, 0.29) is 5.91 Å². The fraction of sp³-hybridized carbons (Fsp3) is 0.385. The molecule has 0 spiro atoms. The van der Waals surface area contributed by atoms with Gasteiger partial charge < -0.3 is 15.0 Å². The van der Waals surface area contributed by atoms with Crippen LogP contribution in [0.3, 0.4) is 0 Å². The Balaban J connectivity index is 1.51. The number of fused-ring (bicyclic) bond motifs is 3. The molecule has 5 nitrogen and oxygen atoms in total. The van der Waals surface area contributed by atoms with E-state index in [0.29, 0.717) is 18.7 Å². The lowest BCUT2D eigenvalue weighted by Crippen LogP contribution is -2.25. The fourth-order valence-corrected chi connectivity index (χ4v) is 4.67. The summed E-state index contributed by atoms with van der Waals surface area (Å²) in [4.78, 5) is 19.4. The molecule has 0 fully saturated rings. The minimum absolute atomic E-state index is 0.0564. The molecule has 1 N–H and O–H groups in total. The summed E-state index contributed by atoms with van der Waals surface area (Å²) in [5.41, 5.74) is 4.28. The van der Waals surface area contributed by atoms with Gasteiger partial charge in [-0.1, -0.05) is 24.3 Å². The van der Waals surface area contributed by atoms with E-state index in [2.05, 4.69) is 46.5 Å². The third-order valence-corrected chi connectivity index (χ3v) is 6.55. The molecule has 1 aliphatic rings. The fourth-order valence-electron chi connectivity index (χ4n) is 4.05. The molecule has 4 rings (SSSR count). The number of nitrogens with zero attached hydrogens (tertiary/aromatic N) is 2. The smallest absolute Gasteiger partial charge is 0.251 e. The number of hydrogen-bond donors (Lipinski definition) is 1. The first-order valence-corrected chi connectivity index (χ1v) is 12.2. The van der Waals surface area contributed by atoms with E-state index in [0.717, 1.165) is 55.1 Å². The molecule has 32 heavy (non-hydrogen) atoms. The van der Waals surface area contributed by atoms with Crippen LogP contribution in [0.4, 0.5) is 0 Å². The van der Waals surface area contributed by atoms with Crippen molar-refractivity contribution in [3.05, 3.63) is 81.3 Å². The Morgan fingerprint density at radius 1 is 1.16 bits per heavy atom. The molecule has 1 aliphatic heterocycles. The summed E-state index contributed by atoms with van der Waals surface area (Å²) in [5, 5.41) is 6.01. The van der Waals surface area contributed by atoms with Crippen LogP contribution in [0.1, 0.15) is 51.3 Å². The first kappa shape index (κ1) is 22.5. The second-order valence-electron chi connectivity index (χ2n) is 8.40. The highest BCUT2D eigenvalue weighted by Crippen LogP contribution is 2.25. The maximum absolute atomic E-state index is 12.8. The summed E-state index contributed by atoms with van der Waals surface area (Å²) < 4.78 is 6.14. The standard InChI is InChI=1S/C26H31N3O2S/c1-29-13-3-2-4-14-31-24-9-8-22(26(30)28-11-10-25-27-12-15-32-25)18-23(24)17-20-6-5-7-21(16-20)19-29/h5-9,12,15-16,18H,2-4,10-11,13-14,17,19H2,1H3,(H,28,30). The largest absolute Gasteiger partial charge is 0.493 e. The topological polar surface area (TPSA) is 54.5 Å². The van der Waals surface area contributed by atoms with Crippen LogP contribution in [0.15, 0.2) is 54.0 Å². The van der Waals surface area contributed by atoms with Crippen molar-refractivity contribution in [2.24, 2.45) is 0 Å². The highest BCUT2D eigenvalue weighted by molar-refractivity contribution is 7.09. The van der Waals surface area contributed by atoms with E-state index in [1.54, 1.807) is 17.5 Å². The molecule has 0 radical (unpaired) electrons. The molecular weight excluding hydrogens is 418 g/mol. The normalized spacial score (nSPS) is 15.3. The Kier molecular flexibility index (Phi) is 7.91. The molecule has 1 amide bonds. The summed E-state index contributed by atoms with van der Waals surface area (Å²) in [7, 11) is 2.18. The zero-order chi connectivity index (χ0) is 22.2. The Hall–Kier alpha value is -2.70. The van der Waals surface area contributed by atoms with Gasteiger partial charge in [0.05, 0.1) is 11.6 Å². The van der Waals surface area contributed by atoms with Crippen molar-refractivity contribution >= 4 is 17.2 Å². The quantitative estimate of drug-likeness (QED) is 0.627. The van der Waals surface area contributed by atoms with Crippen molar-refractivity contribution in [3.63, 3.8) is 0 Å². The third-order valence-electron chi connectivity index (χ3n) is 5.71. The predicted octanol–water partition coefficient (Wildman–Crippen LogP) is 4.70. The van der Waals surface area contributed by atoms with E-state index in [1.807, 2.05) is 23.6 Å². The van der Waals surface area contributed by atoms with Gasteiger partial charge in [-0.05, 0) is 67.7 Å². The van der Waals surface area contributed by atoms with Gasteiger partial charge in [0.25, 0.3) is 5.91 Å². The minimum Gasteiger partial charge on any atom is -0.493 e. The molecule has 6 heteroatoms. The molecule has 1 aromatic heterocycles. The Bertz CT molecular complexity index is 1020. The number of aromatic nitrogens is 1. The molecule has 0 saturated heterocycles. The van der Waals surface area contributed by atoms with E-state index >= 15 is 0 Å². The summed E-state index contributed by atoms with van der Waals surface area (Å²) in [6.45, 7) is 3.34. The molecule has 0 atom stereocenters. The Morgan fingerprint density at radius 3 is 2.94 bits per heavy atom. The summed E-state index contributed by atoms with van der Waals surface area (Å²) in [6.07, 6.45) is 6.65. The van der Waals surface area contributed by atoms with Crippen LogP contribution in [-0.4, -0.2) is 42.5 Å². The molecule has 0 saturated carbocycles. The number of carbonyl (C=O) groups is 1. The number of amides is 1. The van der Waals surface area contributed by atoms with Gasteiger partial charge in [-0.25, -0.2) is 4.98 Å². The molecule has 0 unspecified atom stereocenters. The monoisotopic (exact) mass is 449 g/mol. The van der Waals surface area contributed by atoms with Gasteiger partial charge in [-0.15, -0.1) is 11.3 Å². The molecule has 2 aromatic carbocycles. The average Bonchev–Trinajstić information content (AvgIpc) is 3.30. The zero-order valence-electron chi connectivity index (χ0n) is 18.7. The van der Waals surface area contributed by atoms with Crippen LogP contribution < -0.4 is 10.1 Å². The molecule has 168 valence electrons. The Labute approximate surface area is 194 Å².